The lowest BCUT2D eigenvalue weighted by molar-refractivity contribution is -0.133. The predicted octanol–water partition coefficient (Wildman–Crippen LogP) is 3.01. The Morgan fingerprint density at radius 3 is 2.73 bits per heavy atom. The van der Waals surface area contributed by atoms with E-state index < -0.39 is 5.91 Å². The van der Waals surface area contributed by atoms with Crippen LogP contribution in [0.3, 0.4) is 0 Å². The third kappa shape index (κ3) is 7.87. The Morgan fingerprint density at radius 1 is 1.27 bits per heavy atom. The molecule has 0 bridgehead atoms. The minimum atomic E-state index is -0.599. The zero-order valence-corrected chi connectivity index (χ0v) is 19.9. The number of nitrogens with one attached hydrogen (secondary N) is 2. The van der Waals surface area contributed by atoms with E-state index in [4.69, 9.17) is 10.2 Å². The number of anilines is 1. The molecule has 0 fully saturated rings. The van der Waals surface area contributed by atoms with Gasteiger partial charge in [-0.15, -0.1) is 0 Å². The van der Waals surface area contributed by atoms with E-state index in [1.54, 1.807) is 16.5 Å². The summed E-state index contributed by atoms with van der Waals surface area (Å²) in [6, 6.07) is 3.76. The maximum atomic E-state index is 12.6. The van der Waals surface area contributed by atoms with Crippen LogP contribution in [0.5, 0.6) is 0 Å². The predicted molar refractivity (Wildman–Crippen MR) is 129 cm³/mol. The Balaban J connectivity index is 2.19. The summed E-state index contributed by atoms with van der Waals surface area (Å²) in [6.45, 7) is 6.80. The van der Waals surface area contributed by atoms with Crippen LogP contribution in [0.25, 0.3) is 11.7 Å². The fraction of sp³-hybridized carbons (Fsp3) is 0.542. The number of fused-ring (bicyclic) bond motifs is 1. The maximum Gasteiger partial charge on any atom is 0.267 e. The average molecular weight is 460 g/mol. The summed E-state index contributed by atoms with van der Waals surface area (Å²) in [5.74, 6) is 0.272. The van der Waals surface area contributed by atoms with Gasteiger partial charge in [0.15, 0.2) is 0 Å². The molecule has 2 heterocycles. The molecule has 0 radical (unpaired) electrons. The molecular weight excluding hydrogens is 422 g/mol. The Labute approximate surface area is 195 Å². The number of hydrogen-bond acceptors (Lipinski definition) is 6. The molecule has 182 valence electrons. The van der Waals surface area contributed by atoms with E-state index in [1.165, 1.54) is 12.5 Å². The second-order valence-corrected chi connectivity index (χ2v) is 8.30. The van der Waals surface area contributed by atoms with E-state index >= 15 is 0 Å². The number of aryl methyl sites for hydroxylation is 1. The molecule has 2 amide bonds. The largest absolute Gasteiger partial charge is 0.395 e. The van der Waals surface area contributed by atoms with Gasteiger partial charge in [-0.25, -0.2) is 10.5 Å². The lowest BCUT2D eigenvalue weighted by Gasteiger charge is -2.26. The first kappa shape index (κ1) is 26.3. The van der Waals surface area contributed by atoms with Crippen LogP contribution in [0.4, 0.5) is 5.82 Å². The number of hydroxylamine groups is 1. The first-order chi connectivity index (χ1) is 15.9. The van der Waals surface area contributed by atoms with Crippen LogP contribution >= 0.6 is 0 Å². The molecule has 2 rings (SSSR count). The second kappa shape index (κ2) is 13.6. The lowest BCUT2D eigenvalue weighted by Crippen LogP contribution is -2.39. The van der Waals surface area contributed by atoms with Gasteiger partial charge >= 0.3 is 0 Å². The zero-order chi connectivity index (χ0) is 24.2. The van der Waals surface area contributed by atoms with Crippen molar-refractivity contribution in [3.8, 4) is 0 Å². The normalized spacial score (nSPS) is 11.5. The van der Waals surface area contributed by atoms with Crippen molar-refractivity contribution >= 4 is 29.4 Å². The first-order valence-electron chi connectivity index (χ1n) is 11.7. The Morgan fingerprint density at radius 2 is 2.06 bits per heavy atom. The van der Waals surface area contributed by atoms with E-state index in [2.05, 4.69) is 12.2 Å². The molecule has 33 heavy (non-hydrogen) atoms. The van der Waals surface area contributed by atoms with Crippen LogP contribution in [0, 0.1) is 0 Å². The van der Waals surface area contributed by atoms with E-state index in [-0.39, 0.29) is 18.6 Å². The molecule has 0 aliphatic heterocycles. The summed E-state index contributed by atoms with van der Waals surface area (Å²) in [5.41, 5.74) is 4.05. The SMILES string of the molecule is CCCCCCc1nc2cc(/C=C/C(=O)NO)ccn2c1NCCC(=O)N(CCO)C(C)C. The van der Waals surface area contributed by atoms with Gasteiger partial charge in [-0.1, -0.05) is 26.2 Å². The third-order valence-electron chi connectivity index (χ3n) is 5.44. The van der Waals surface area contributed by atoms with Crippen LogP contribution in [0.2, 0.25) is 0 Å². The standard InChI is InChI=1S/C24H37N5O4/c1-4-5-6-7-8-20-24(25-13-11-23(32)28(15-16-30)18(2)3)29-14-12-19(17-21(29)26-20)9-10-22(31)27-33/h9-10,12,14,17-18,25,30,33H,4-8,11,13,15-16H2,1-3H3,(H,27,31)/b10-9+. The number of aliphatic hydroxyl groups excluding tert-OH is 1. The number of aliphatic hydroxyl groups is 1. The summed E-state index contributed by atoms with van der Waals surface area (Å²) in [5, 5.41) is 21.3. The van der Waals surface area contributed by atoms with Crippen molar-refractivity contribution in [1.82, 2.24) is 19.8 Å². The summed E-state index contributed by atoms with van der Waals surface area (Å²) in [7, 11) is 0. The smallest absolute Gasteiger partial charge is 0.267 e. The van der Waals surface area contributed by atoms with Crippen molar-refractivity contribution in [2.45, 2.75) is 65.3 Å². The van der Waals surface area contributed by atoms with E-state index in [0.29, 0.717) is 19.5 Å². The van der Waals surface area contributed by atoms with Gasteiger partial charge in [0.05, 0.1) is 12.3 Å². The van der Waals surface area contributed by atoms with Crippen molar-refractivity contribution in [2.24, 2.45) is 0 Å². The van der Waals surface area contributed by atoms with Gasteiger partial charge in [-0.3, -0.25) is 19.2 Å². The topological polar surface area (TPSA) is 119 Å². The molecular formula is C24H37N5O4. The number of aromatic nitrogens is 2. The molecule has 2 aromatic rings. The highest BCUT2D eigenvalue weighted by Crippen LogP contribution is 2.22. The van der Waals surface area contributed by atoms with Gasteiger partial charge in [0.1, 0.15) is 11.5 Å². The molecule has 4 N–H and O–H groups in total. The molecule has 0 atom stereocenters. The van der Waals surface area contributed by atoms with Gasteiger partial charge in [-0.05, 0) is 50.5 Å². The summed E-state index contributed by atoms with van der Waals surface area (Å²) in [4.78, 5) is 30.3. The number of amides is 2. The van der Waals surface area contributed by atoms with E-state index in [1.807, 2.05) is 36.6 Å². The minimum Gasteiger partial charge on any atom is -0.395 e. The number of carbonyl (C=O) groups is 2. The van der Waals surface area contributed by atoms with E-state index in [0.717, 1.165) is 48.4 Å². The molecule has 0 aliphatic carbocycles. The molecule has 0 saturated carbocycles. The van der Waals surface area contributed by atoms with Gasteiger partial charge in [-0.2, -0.15) is 0 Å². The molecule has 2 aromatic heterocycles. The number of pyridine rings is 1. The van der Waals surface area contributed by atoms with Gasteiger partial charge in [0.2, 0.25) is 5.91 Å². The quantitative estimate of drug-likeness (QED) is 0.149. The number of nitrogens with zero attached hydrogens (tertiary/aromatic N) is 3. The summed E-state index contributed by atoms with van der Waals surface area (Å²) >= 11 is 0. The Kier molecular flexibility index (Phi) is 10.9. The Hall–Kier alpha value is -2.91. The van der Waals surface area contributed by atoms with E-state index in [9.17, 15) is 14.7 Å². The van der Waals surface area contributed by atoms with Gasteiger partial charge in [0.25, 0.3) is 5.91 Å². The molecule has 0 saturated heterocycles. The first-order valence-corrected chi connectivity index (χ1v) is 11.7. The minimum absolute atomic E-state index is 0.000509. The second-order valence-electron chi connectivity index (χ2n) is 8.30. The lowest BCUT2D eigenvalue weighted by atomic mass is 10.1. The number of imidazole rings is 1. The molecule has 0 aliphatic rings. The van der Waals surface area contributed by atoms with Crippen LogP contribution in [-0.4, -0.2) is 62.2 Å². The molecule has 0 unspecified atom stereocenters. The number of unbranched alkanes of at least 4 members (excludes halogenated alkanes) is 3. The van der Waals surface area contributed by atoms with Crippen molar-refractivity contribution in [3.05, 3.63) is 35.7 Å². The molecule has 9 nitrogen and oxygen atoms in total. The number of carbonyl (C=O) groups excluding carboxylic acids is 2. The zero-order valence-electron chi connectivity index (χ0n) is 19.9. The van der Waals surface area contributed by atoms with Gasteiger partial charge in [0, 0.05) is 37.8 Å². The Bertz CT molecular complexity index is 938. The fourth-order valence-corrected chi connectivity index (χ4v) is 3.71. The number of hydrogen-bond donors (Lipinski definition) is 4. The molecule has 0 aromatic carbocycles. The summed E-state index contributed by atoms with van der Waals surface area (Å²) < 4.78 is 1.96. The third-order valence-corrected chi connectivity index (χ3v) is 5.44. The number of rotatable bonds is 14. The highest BCUT2D eigenvalue weighted by Gasteiger charge is 2.17. The fourth-order valence-electron chi connectivity index (χ4n) is 3.71. The van der Waals surface area contributed by atoms with Crippen molar-refractivity contribution in [2.75, 3.05) is 25.0 Å². The van der Waals surface area contributed by atoms with Crippen molar-refractivity contribution < 1.29 is 19.9 Å². The van der Waals surface area contributed by atoms with Crippen molar-refractivity contribution in [1.29, 1.82) is 0 Å². The van der Waals surface area contributed by atoms with Crippen molar-refractivity contribution in [3.63, 3.8) is 0 Å². The van der Waals surface area contributed by atoms with Crippen LogP contribution in [-0.2, 0) is 16.0 Å². The van der Waals surface area contributed by atoms with Gasteiger partial charge < -0.3 is 15.3 Å². The average Bonchev–Trinajstić information content (AvgIpc) is 3.14. The molecule has 9 heteroatoms. The monoisotopic (exact) mass is 459 g/mol. The summed E-state index contributed by atoms with van der Waals surface area (Å²) in [6.07, 6.45) is 10.4. The van der Waals surface area contributed by atoms with Crippen LogP contribution in [0.15, 0.2) is 24.4 Å². The molecule has 0 spiro atoms. The maximum absolute atomic E-state index is 12.6. The highest BCUT2D eigenvalue weighted by molar-refractivity contribution is 5.91. The van der Waals surface area contributed by atoms with Crippen LogP contribution in [0.1, 0.15) is 64.1 Å². The van der Waals surface area contributed by atoms with Crippen LogP contribution < -0.4 is 10.8 Å². The highest BCUT2D eigenvalue weighted by atomic mass is 16.5.